The SMILES string of the molecule is CNCc1ccc2c(c1)CCNC2C. The average molecular weight is 190 g/mol. The molecule has 0 amide bonds. The monoisotopic (exact) mass is 190 g/mol. The van der Waals surface area contributed by atoms with Gasteiger partial charge in [-0.05, 0) is 43.6 Å². The Labute approximate surface area is 85.7 Å². The van der Waals surface area contributed by atoms with Gasteiger partial charge in [-0.2, -0.15) is 0 Å². The molecule has 1 aliphatic heterocycles. The summed E-state index contributed by atoms with van der Waals surface area (Å²) in [7, 11) is 1.99. The Morgan fingerprint density at radius 1 is 1.50 bits per heavy atom. The Balaban J connectivity index is 2.29. The summed E-state index contributed by atoms with van der Waals surface area (Å²) in [4.78, 5) is 0. The molecule has 1 heterocycles. The van der Waals surface area contributed by atoms with Crippen LogP contribution in [-0.4, -0.2) is 13.6 Å². The molecule has 76 valence electrons. The lowest BCUT2D eigenvalue weighted by molar-refractivity contribution is 0.540. The number of fused-ring (bicyclic) bond motifs is 1. The largest absolute Gasteiger partial charge is 0.316 e. The van der Waals surface area contributed by atoms with Crippen LogP contribution in [0.4, 0.5) is 0 Å². The van der Waals surface area contributed by atoms with Crippen molar-refractivity contribution in [3.05, 3.63) is 34.9 Å². The topological polar surface area (TPSA) is 24.1 Å². The van der Waals surface area contributed by atoms with E-state index >= 15 is 0 Å². The Bertz CT molecular complexity index is 320. The predicted octanol–water partition coefficient (Wildman–Crippen LogP) is 1.61. The molecule has 1 aromatic rings. The molecule has 2 rings (SSSR count). The summed E-state index contributed by atoms with van der Waals surface area (Å²) in [6.07, 6.45) is 1.16. The standard InChI is InChI=1S/C12H18N2/c1-9-12-4-3-10(8-13-2)7-11(12)5-6-14-9/h3-4,7,9,13-14H,5-6,8H2,1-2H3. The lowest BCUT2D eigenvalue weighted by atomic mass is 9.93. The average Bonchev–Trinajstić information content (AvgIpc) is 2.18. The molecule has 0 aromatic heterocycles. The third kappa shape index (κ3) is 1.81. The molecule has 1 aromatic carbocycles. The highest BCUT2D eigenvalue weighted by Crippen LogP contribution is 2.23. The first kappa shape index (κ1) is 9.69. The fraction of sp³-hybridized carbons (Fsp3) is 0.500. The van der Waals surface area contributed by atoms with E-state index in [4.69, 9.17) is 0 Å². The van der Waals surface area contributed by atoms with Crippen molar-refractivity contribution >= 4 is 0 Å². The van der Waals surface area contributed by atoms with Gasteiger partial charge in [0.2, 0.25) is 0 Å². The van der Waals surface area contributed by atoms with Gasteiger partial charge in [0, 0.05) is 12.6 Å². The fourth-order valence-corrected chi connectivity index (χ4v) is 2.15. The number of nitrogens with one attached hydrogen (secondary N) is 2. The zero-order valence-electron chi connectivity index (χ0n) is 8.93. The number of rotatable bonds is 2. The van der Waals surface area contributed by atoms with Gasteiger partial charge in [0.15, 0.2) is 0 Å². The van der Waals surface area contributed by atoms with Crippen molar-refractivity contribution in [1.82, 2.24) is 10.6 Å². The first-order valence-corrected chi connectivity index (χ1v) is 5.31. The van der Waals surface area contributed by atoms with Gasteiger partial charge in [-0.15, -0.1) is 0 Å². The van der Waals surface area contributed by atoms with E-state index in [1.165, 1.54) is 16.7 Å². The van der Waals surface area contributed by atoms with Gasteiger partial charge in [0.05, 0.1) is 0 Å². The molecule has 2 nitrogen and oxygen atoms in total. The van der Waals surface area contributed by atoms with E-state index < -0.39 is 0 Å². The second kappa shape index (κ2) is 4.11. The molecular weight excluding hydrogens is 172 g/mol. The molecule has 0 radical (unpaired) electrons. The number of benzene rings is 1. The highest BCUT2D eigenvalue weighted by molar-refractivity contribution is 5.35. The first-order valence-electron chi connectivity index (χ1n) is 5.31. The number of hydrogen-bond donors (Lipinski definition) is 2. The minimum absolute atomic E-state index is 0.516. The minimum Gasteiger partial charge on any atom is -0.316 e. The van der Waals surface area contributed by atoms with Crippen LogP contribution in [0.2, 0.25) is 0 Å². The van der Waals surface area contributed by atoms with Crippen molar-refractivity contribution in [2.75, 3.05) is 13.6 Å². The van der Waals surface area contributed by atoms with Crippen LogP contribution in [0.5, 0.6) is 0 Å². The summed E-state index contributed by atoms with van der Waals surface area (Å²) >= 11 is 0. The maximum absolute atomic E-state index is 3.47. The Hall–Kier alpha value is -0.860. The van der Waals surface area contributed by atoms with E-state index in [1.807, 2.05) is 7.05 Å². The molecule has 0 fully saturated rings. The summed E-state index contributed by atoms with van der Waals surface area (Å²) in [6, 6.07) is 7.34. The minimum atomic E-state index is 0.516. The Kier molecular flexibility index (Phi) is 2.85. The molecule has 0 aliphatic carbocycles. The molecule has 0 saturated carbocycles. The van der Waals surface area contributed by atoms with Gasteiger partial charge in [-0.1, -0.05) is 18.2 Å². The van der Waals surface area contributed by atoms with Crippen LogP contribution in [0.25, 0.3) is 0 Å². The van der Waals surface area contributed by atoms with Gasteiger partial charge in [0.25, 0.3) is 0 Å². The highest BCUT2D eigenvalue weighted by atomic mass is 14.9. The van der Waals surface area contributed by atoms with Crippen molar-refractivity contribution in [2.45, 2.75) is 25.9 Å². The molecule has 0 saturated heterocycles. The molecule has 1 aliphatic rings. The summed E-state index contributed by atoms with van der Waals surface area (Å²) in [5.41, 5.74) is 4.38. The molecule has 0 spiro atoms. The normalized spacial score (nSPS) is 20.6. The van der Waals surface area contributed by atoms with Crippen LogP contribution in [0.15, 0.2) is 18.2 Å². The van der Waals surface area contributed by atoms with Gasteiger partial charge in [-0.25, -0.2) is 0 Å². The van der Waals surface area contributed by atoms with Gasteiger partial charge in [0.1, 0.15) is 0 Å². The van der Waals surface area contributed by atoms with Gasteiger partial charge >= 0.3 is 0 Å². The molecule has 0 bridgehead atoms. The maximum atomic E-state index is 3.47. The smallest absolute Gasteiger partial charge is 0.0294 e. The van der Waals surface area contributed by atoms with Crippen LogP contribution in [0.1, 0.15) is 29.7 Å². The van der Waals surface area contributed by atoms with Gasteiger partial charge in [-0.3, -0.25) is 0 Å². The van der Waals surface area contributed by atoms with Crippen molar-refractivity contribution in [2.24, 2.45) is 0 Å². The number of hydrogen-bond acceptors (Lipinski definition) is 2. The summed E-state index contributed by atoms with van der Waals surface area (Å²) in [5.74, 6) is 0. The molecule has 2 N–H and O–H groups in total. The zero-order valence-corrected chi connectivity index (χ0v) is 8.93. The summed E-state index contributed by atoms with van der Waals surface area (Å²) < 4.78 is 0. The van der Waals surface area contributed by atoms with E-state index in [0.29, 0.717) is 6.04 Å². The molecule has 1 unspecified atom stereocenters. The Morgan fingerprint density at radius 3 is 3.14 bits per heavy atom. The van der Waals surface area contributed by atoms with E-state index in [2.05, 4.69) is 35.8 Å². The van der Waals surface area contributed by atoms with Crippen LogP contribution in [-0.2, 0) is 13.0 Å². The van der Waals surface area contributed by atoms with Crippen molar-refractivity contribution < 1.29 is 0 Å². The van der Waals surface area contributed by atoms with E-state index in [1.54, 1.807) is 0 Å². The quantitative estimate of drug-likeness (QED) is 0.740. The molecule has 2 heteroatoms. The van der Waals surface area contributed by atoms with Crippen molar-refractivity contribution in [3.63, 3.8) is 0 Å². The first-order chi connectivity index (χ1) is 6.81. The third-order valence-electron chi connectivity index (χ3n) is 2.90. The lowest BCUT2D eigenvalue weighted by Gasteiger charge is -2.24. The third-order valence-corrected chi connectivity index (χ3v) is 2.90. The van der Waals surface area contributed by atoms with E-state index in [-0.39, 0.29) is 0 Å². The molecule has 1 atom stereocenters. The van der Waals surface area contributed by atoms with Crippen LogP contribution < -0.4 is 10.6 Å². The van der Waals surface area contributed by atoms with Crippen molar-refractivity contribution in [1.29, 1.82) is 0 Å². The molecule has 14 heavy (non-hydrogen) atoms. The van der Waals surface area contributed by atoms with E-state index in [0.717, 1.165) is 19.5 Å². The fourth-order valence-electron chi connectivity index (χ4n) is 2.15. The summed E-state index contributed by atoms with van der Waals surface area (Å²) in [6.45, 7) is 4.31. The Morgan fingerprint density at radius 2 is 2.36 bits per heavy atom. The van der Waals surface area contributed by atoms with Crippen molar-refractivity contribution in [3.8, 4) is 0 Å². The van der Waals surface area contributed by atoms with E-state index in [9.17, 15) is 0 Å². The maximum Gasteiger partial charge on any atom is 0.0294 e. The van der Waals surface area contributed by atoms with Crippen LogP contribution >= 0.6 is 0 Å². The second-order valence-corrected chi connectivity index (χ2v) is 3.99. The van der Waals surface area contributed by atoms with Crippen LogP contribution in [0.3, 0.4) is 0 Å². The van der Waals surface area contributed by atoms with Gasteiger partial charge < -0.3 is 10.6 Å². The van der Waals surface area contributed by atoms with Crippen LogP contribution in [0, 0.1) is 0 Å². The predicted molar refractivity (Wildman–Crippen MR) is 59.3 cm³/mol. The lowest BCUT2D eigenvalue weighted by Crippen LogP contribution is -2.27. The summed E-state index contributed by atoms with van der Waals surface area (Å²) in [5, 5.41) is 6.66. The highest BCUT2D eigenvalue weighted by Gasteiger charge is 2.14. The second-order valence-electron chi connectivity index (χ2n) is 3.99. The molecular formula is C12H18N2. The zero-order chi connectivity index (χ0) is 9.97.